The van der Waals surface area contributed by atoms with Crippen molar-refractivity contribution in [2.24, 2.45) is 5.73 Å². The number of nitrogens with one attached hydrogen (secondary N) is 1. The van der Waals surface area contributed by atoms with Crippen molar-refractivity contribution < 1.29 is 9.53 Å². The van der Waals surface area contributed by atoms with Crippen LogP contribution in [0, 0.1) is 0 Å². The number of hydrogen-bond donors (Lipinski definition) is 2. The average Bonchev–Trinajstić information content (AvgIpc) is 2.30. The molecule has 6 heteroatoms. The SMILES string of the molecule is Cl.NC1(C(=O)Nc2cccc(Cl)c2)CCOCC1. The fourth-order valence-corrected chi connectivity index (χ4v) is 1.97. The van der Waals surface area contributed by atoms with Gasteiger partial charge in [-0.15, -0.1) is 12.4 Å². The molecule has 1 aromatic carbocycles. The molecule has 3 N–H and O–H groups in total. The van der Waals surface area contributed by atoms with Gasteiger partial charge in [-0.1, -0.05) is 17.7 Å². The summed E-state index contributed by atoms with van der Waals surface area (Å²) in [5.41, 5.74) is 5.90. The Kier molecular flexibility index (Phi) is 5.41. The average molecular weight is 291 g/mol. The third-order valence-electron chi connectivity index (χ3n) is 2.92. The van der Waals surface area contributed by atoms with Gasteiger partial charge in [-0.2, -0.15) is 0 Å². The predicted octanol–water partition coefficient (Wildman–Crippen LogP) is 2.21. The zero-order valence-corrected chi connectivity index (χ0v) is 11.4. The molecule has 0 atom stereocenters. The zero-order valence-electron chi connectivity index (χ0n) is 9.82. The number of carbonyl (C=O) groups excluding carboxylic acids is 1. The minimum Gasteiger partial charge on any atom is -0.381 e. The first-order valence-corrected chi connectivity index (χ1v) is 5.92. The number of hydrogen-bond acceptors (Lipinski definition) is 3. The first-order valence-electron chi connectivity index (χ1n) is 5.54. The van der Waals surface area contributed by atoms with Crippen molar-refractivity contribution in [1.29, 1.82) is 0 Å². The Morgan fingerprint density at radius 3 is 2.67 bits per heavy atom. The van der Waals surface area contributed by atoms with Gasteiger partial charge in [-0.3, -0.25) is 4.79 Å². The van der Waals surface area contributed by atoms with Gasteiger partial charge in [0.15, 0.2) is 0 Å². The Morgan fingerprint density at radius 2 is 2.06 bits per heavy atom. The van der Waals surface area contributed by atoms with Crippen LogP contribution in [0.15, 0.2) is 24.3 Å². The Balaban J connectivity index is 0.00000162. The second-order valence-corrected chi connectivity index (χ2v) is 4.67. The molecule has 4 nitrogen and oxygen atoms in total. The molecule has 1 heterocycles. The third-order valence-corrected chi connectivity index (χ3v) is 3.15. The number of amides is 1. The Hall–Kier alpha value is -0.810. The van der Waals surface area contributed by atoms with Crippen LogP contribution in [0.5, 0.6) is 0 Å². The Labute approximate surface area is 117 Å². The molecule has 2 rings (SSSR count). The summed E-state index contributed by atoms with van der Waals surface area (Å²) in [7, 11) is 0. The van der Waals surface area contributed by atoms with E-state index in [0.29, 0.717) is 36.8 Å². The van der Waals surface area contributed by atoms with Crippen molar-refractivity contribution in [1.82, 2.24) is 0 Å². The van der Waals surface area contributed by atoms with E-state index in [0.717, 1.165) is 0 Å². The second kappa shape index (κ2) is 6.38. The van der Waals surface area contributed by atoms with Crippen molar-refractivity contribution in [3.63, 3.8) is 0 Å². The normalized spacial score (nSPS) is 17.7. The van der Waals surface area contributed by atoms with E-state index in [2.05, 4.69) is 5.32 Å². The maximum Gasteiger partial charge on any atom is 0.244 e. The number of carbonyl (C=O) groups is 1. The highest BCUT2D eigenvalue weighted by atomic mass is 35.5. The van der Waals surface area contributed by atoms with Gasteiger partial charge in [0, 0.05) is 23.9 Å². The molecule has 0 aliphatic carbocycles. The van der Waals surface area contributed by atoms with Gasteiger partial charge in [0.2, 0.25) is 5.91 Å². The predicted molar refractivity (Wildman–Crippen MR) is 74.3 cm³/mol. The van der Waals surface area contributed by atoms with E-state index in [1.54, 1.807) is 24.3 Å². The summed E-state index contributed by atoms with van der Waals surface area (Å²) in [4.78, 5) is 12.1. The van der Waals surface area contributed by atoms with Crippen molar-refractivity contribution in [3.05, 3.63) is 29.3 Å². The van der Waals surface area contributed by atoms with E-state index in [4.69, 9.17) is 22.1 Å². The Bertz CT molecular complexity index is 420. The maximum atomic E-state index is 12.1. The van der Waals surface area contributed by atoms with E-state index in [1.807, 2.05) is 0 Å². The highest BCUT2D eigenvalue weighted by Gasteiger charge is 2.35. The van der Waals surface area contributed by atoms with Gasteiger partial charge in [-0.25, -0.2) is 0 Å². The standard InChI is InChI=1S/C12H15ClN2O2.ClH/c13-9-2-1-3-10(8-9)15-11(16)12(14)4-6-17-7-5-12;/h1-3,8H,4-7,14H2,(H,15,16);1H. The van der Waals surface area contributed by atoms with Gasteiger partial charge < -0.3 is 15.8 Å². The molecule has 0 unspecified atom stereocenters. The van der Waals surface area contributed by atoms with Crippen LogP contribution in [0.1, 0.15) is 12.8 Å². The van der Waals surface area contributed by atoms with Gasteiger partial charge in [0.1, 0.15) is 5.54 Å². The molecular weight excluding hydrogens is 275 g/mol. The topological polar surface area (TPSA) is 64.4 Å². The highest BCUT2D eigenvalue weighted by molar-refractivity contribution is 6.30. The van der Waals surface area contributed by atoms with Gasteiger partial charge in [0.05, 0.1) is 0 Å². The first kappa shape index (κ1) is 15.2. The van der Waals surface area contributed by atoms with E-state index in [1.165, 1.54) is 0 Å². The van der Waals surface area contributed by atoms with Gasteiger partial charge >= 0.3 is 0 Å². The summed E-state index contributed by atoms with van der Waals surface area (Å²) < 4.78 is 5.20. The molecule has 0 aromatic heterocycles. The molecule has 0 saturated carbocycles. The summed E-state index contributed by atoms with van der Waals surface area (Å²) in [6, 6.07) is 7.02. The van der Waals surface area contributed by atoms with Crippen molar-refractivity contribution in [2.45, 2.75) is 18.4 Å². The zero-order chi connectivity index (χ0) is 12.3. The van der Waals surface area contributed by atoms with Crippen LogP contribution in [0.3, 0.4) is 0 Å². The summed E-state index contributed by atoms with van der Waals surface area (Å²) >= 11 is 5.85. The molecule has 1 aliphatic rings. The Morgan fingerprint density at radius 1 is 1.39 bits per heavy atom. The lowest BCUT2D eigenvalue weighted by molar-refractivity contribution is -0.124. The van der Waals surface area contributed by atoms with Crippen LogP contribution in [0.2, 0.25) is 5.02 Å². The van der Waals surface area contributed by atoms with Crippen LogP contribution in [-0.2, 0) is 9.53 Å². The molecule has 1 aliphatic heterocycles. The molecule has 1 fully saturated rings. The third kappa shape index (κ3) is 3.59. The lowest BCUT2D eigenvalue weighted by Crippen LogP contribution is -2.54. The highest BCUT2D eigenvalue weighted by Crippen LogP contribution is 2.21. The van der Waals surface area contributed by atoms with Crippen LogP contribution < -0.4 is 11.1 Å². The molecular formula is C12H16Cl2N2O2. The van der Waals surface area contributed by atoms with Crippen LogP contribution in [0.25, 0.3) is 0 Å². The number of halogens is 2. The minimum absolute atomic E-state index is 0. The first-order chi connectivity index (χ1) is 8.10. The number of benzene rings is 1. The molecule has 1 amide bonds. The molecule has 1 saturated heterocycles. The summed E-state index contributed by atoms with van der Waals surface area (Å²) in [5.74, 6) is -0.178. The fraction of sp³-hybridized carbons (Fsp3) is 0.417. The fourth-order valence-electron chi connectivity index (χ4n) is 1.78. The number of rotatable bonds is 2. The van der Waals surface area contributed by atoms with Crippen LogP contribution in [-0.4, -0.2) is 24.7 Å². The number of anilines is 1. The van der Waals surface area contributed by atoms with Crippen LogP contribution in [0.4, 0.5) is 5.69 Å². The van der Waals surface area contributed by atoms with Crippen molar-refractivity contribution >= 4 is 35.6 Å². The number of nitrogens with two attached hydrogens (primary N) is 1. The van der Waals surface area contributed by atoms with Crippen LogP contribution >= 0.6 is 24.0 Å². The largest absolute Gasteiger partial charge is 0.381 e. The minimum atomic E-state index is -0.833. The molecule has 18 heavy (non-hydrogen) atoms. The maximum absolute atomic E-state index is 12.1. The molecule has 0 bridgehead atoms. The monoisotopic (exact) mass is 290 g/mol. The lowest BCUT2D eigenvalue weighted by Gasteiger charge is -2.31. The van der Waals surface area contributed by atoms with Crippen molar-refractivity contribution in [3.8, 4) is 0 Å². The summed E-state index contributed by atoms with van der Waals surface area (Å²) in [6.07, 6.45) is 1.08. The molecule has 1 aromatic rings. The summed E-state index contributed by atoms with van der Waals surface area (Å²) in [5, 5.41) is 3.37. The number of ether oxygens (including phenoxy) is 1. The summed E-state index contributed by atoms with van der Waals surface area (Å²) in [6.45, 7) is 1.05. The van der Waals surface area contributed by atoms with E-state index >= 15 is 0 Å². The smallest absolute Gasteiger partial charge is 0.244 e. The van der Waals surface area contributed by atoms with E-state index in [-0.39, 0.29) is 18.3 Å². The van der Waals surface area contributed by atoms with Gasteiger partial charge in [-0.05, 0) is 31.0 Å². The molecule has 0 spiro atoms. The second-order valence-electron chi connectivity index (χ2n) is 4.23. The molecule has 100 valence electrons. The van der Waals surface area contributed by atoms with E-state index in [9.17, 15) is 4.79 Å². The van der Waals surface area contributed by atoms with E-state index < -0.39 is 5.54 Å². The molecule has 0 radical (unpaired) electrons. The quantitative estimate of drug-likeness (QED) is 0.878. The lowest BCUT2D eigenvalue weighted by atomic mass is 9.90. The van der Waals surface area contributed by atoms with Crippen molar-refractivity contribution in [2.75, 3.05) is 18.5 Å². The van der Waals surface area contributed by atoms with Gasteiger partial charge in [0.25, 0.3) is 0 Å².